The second-order valence-corrected chi connectivity index (χ2v) is 7.49. The standard InChI is InChI=1S/C20H16F2N2O2S/c1-11-18-13(21)4-2-5-16(18)27-19(11)20(26)23-12-7-8-15(14(22)10-12)24-9-3-6-17(24)25/h2,4-5,7-8,10H,3,6,9H2,1H3,(H,23,26). The molecule has 4 nitrogen and oxygen atoms in total. The number of nitrogens with one attached hydrogen (secondary N) is 1. The van der Waals surface area contributed by atoms with Gasteiger partial charge in [-0.1, -0.05) is 6.07 Å². The molecular weight excluding hydrogens is 370 g/mol. The quantitative estimate of drug-likeness (QED) is 0.698. The van der Waals surface area contributed by atoms with Gasteiger partial charge in [-0.3, -0.25) is 9.59 Å². The number of nitrogens with zero attached hydrogens (tertiary/aromatic N) is 1. The Morgan fingerprint density at radius 2 is 2.00 bits per heavy atom. The third kappa shape index (κ3) is 3.08. The molecule has 0 radical (unpaired) electrons. The van der Waals surface area contributed by atoms with Gasteiger partial charge in [0.2, 0.25) is 5.91 Å². The zero-order valence-corrected chi connectivity index (χ0v) is 15.3. The predicted molar refractivity (Wildman–Crippen MR) is 102 cm³/mol. The van der Waals surface area contributed by atoms with E-state index in [1.807, 2.05) is 0 Å². The monoisotopic (exact) mass is 386 g/mol. The largest absolute Gasteiger partial charge is 0.321 e. The van der Waals surface area contributed by atoms with Crippen LogP contribution in [0.2, 0.25) is 0 Å². The Bertz CT molecular complexity index is 1080. The van der Waals surface area contributed by atoms with Crippen LogP contribution in [0.5, 0.6) is 0 Å². The van der Waals surface area contributed by atoms with E-state index in [2.05, 4.69) is 5.32 Å². The minimum atomic E-state index is -0.567. The first-order chi connectivity index (χ1) is 13.0. The average molecular weight is 386 g/mol. The smallest absolute Gasteiger partial charge is 0.266 e. The average Bonchev–Trinajstić information content (AvgIpc) is 3.19. The Kier molecular flexibility index (Phi) is 4.39. The third-order valence-electron chi connectivity index (χ3n) is 4.68. The molecule has 1 saturated heterocycles. The lowest BCUT2D eigenvalue weighted by Crippen LogP contribution is -2.24. The fraction of sp³-hybridized carbons (Fsp3) is 0.200. The zero-order chi connectivity index (χ0) is 19.1. The summed E-state index contributed by atoms with van der Waals surface area (Å²) in [6.07, 6.45) is 1.12. The number of carbonyl (C=O) groups excluding carboxylic acids is 2. The lowest BCUT2D eigenvalue weighted by molar-refractivity contribution is -0.117. The molecule has 1 aromatic heterocycles. The van der Waals surface area contributed by atoms with Crippen molar-refractivity contribution in [3.63, 3.8) is 0 Å². The van der Waals surface area contributed by atoms with Crippen LogP contribution in [0.15, 0.2) is 36.4 Å². The van der Waals surface area contributed by atoms with Crippen molar-refractivity contribution in [1.82, 2.24) is 0 Å². The molecule has 1 aliphatic rings. The van der Waals surface area contributed by atoms with Crippen molar-refractivity contribution in [3.8, 4) is 0 Å². The molecule has 0 saturated carbocycles. The lowest BCUT2D eigenvalue weighted by Gasteiger charge is -2.17. The first kappa shape index (κ1) is 17.6. The fourth-order valence-corrected chi connectivity index (χ4v) is 4.48. The highest BCUT2D eigenvalue weighted by atomic mass is 32.1. The molecule has 138 valence electrons. The van der Waals surface area contributed by atoms with Crippen LogP contribution < -0.4 is 10.2 Å². The molecule has 0 aliphatic carbocycles. The van der Waals surface area contributed by atoms with E-state index in [0.717, 1.165) is 0 Å². The second kappa shape index (κ2) is 6.74. The van der Waals surface area contributed by atoms with Gasteiger partial charge in [-0.05, 0) is 49.2 Å². The van der Waals surface area contributed by atoms with E-state index in [1.54, 1.807) is 25.1 Å². The number of rotatable bonds is 3. The minimum Gasteiger partial charge on any atom is -0.321 e. The van der Waals surface area contributed by atoms with Gasteiger partial charge in [0.25, 0.3) is 5.91 Å². The Balaban J connectivity index is 1.60. The Morgan fingerprint density at radius 1 is 1.19 bits per heavy atom. The summed E-state index contributed by atoms with van der Waals surface area (Å²) in [5.74, 6) is -1.46. The van der Waals surface area contributed by atoms with Crippen molar-refractivity contribution >= 4 is 44.6 Å². The lowest BCUT2D eigenvalue weighted by atomic mass is 10.1. The van der Waals surface area contributed by atoms with Gasteiger partial charge in [-0.2, -0.15) is 0 Å². The van der Waals surface area contributed by atoms with Crippen LogP contribution in [0, 0.1) is 18.6 Å². The SMILES string of the molecule is Cc1c(C(=O)Nc2ccc(N3CCCC3=O)c(F)c2)sc2cccc(F)c12. The maximum absolute atomic E-state index is 14.4. The van der Waals surface area contributed by atoms with Gasteiger partial charge < -0.3 is 10.2 Å². The molecule has 1 aliphatic heterocycles. The highest BCUT2D eigenvalue weighted by Gasteiger charge is 2.24. The van der Waals surface area contributed by atoms with Gasteiger partial charge in [-0.25, -0.2) is 8.78 Å². The van der Waals surface area contributed by atoms with Crippen LogP contribution in [0.4, 0.5) is 20.2 Å². The summed E-state index contributed by atoms with van der Waals surface area (Å²) in [6.45, 7) is 2.19. The van der Waals surface area contributed by atoms with Gasteiger partial charge in [0.05, 0.1) is 10.6 Å². The molecule has 7 heteroatoms. The Labute approximate surface area is 158 Å². The molecule has 2 aromatic carbocycles. The van der Waals surface area contributed by atoms with Crippen LogP contribution in [0.3, 0.4) is 0 Å². The maximum atomic E-state index is 14.4. The molecule has 0 unspecified atom stereocenters. The molecule has 3 aromatic rings. The number of benzene rings is 2. The summed E-state index contributed by atoms with van der Waals surface area (Å²) >= 11 is 1.19. The van der Waals surface area contributed by atoms with Gasteiger partial charge >= 0.3 is 0 Å². The minimum absolute atomic E-state index is 0.103. The Hall–Kier alpha value is -2.80. The van der Waals surface area contributed by atoms with E-state index in [4.69, 9.17) is 0 Å². The van der Waals surface area contributed by atoms with E-state index in [0.29, 0.717) is 39.9 Å². The fourth-order valence-electron chi connectivity index (χ4n) is 3.36. The molecule has 4 rings (SSSR count). The van der Waals surface area contributed by atoms with Gasteiger partial charge in [0.15, 0.2) is 0 Å². The summed E-state index contributed by atoms with van der Waals surface area (Å²) in [5.41, 5.74) is 1.06. The number of aryl methyl sites for hydroxylation is 1. The maximum Gasteiger partial charge on any atom is 0.266 e. The summed E-state index contributed by atoms with van der Waals surface area (Å²) < 4.78 is 29.1. The first-order valence-electron chi connectivity index (χ1n) is 8.54. The highest BCUT2D eigenvalue weighted by molar-refractivity contribution is 7.21. The van der Waals surface area contributed by atoms with E-state index in [1.165, 1.54) is 34.4 Å². The topological polar surface area (TPSA) is 49.4 Å². The van der Waals surface area contributed by atoms with Crippen LogP contribution >= 0.6 is 11.3 Å². The number of carbonyl (C=O) groups is 2. The number of amides is 2. The van der Waals surface area contributed by atoms with E-state index in [9.17, 15) is 18.4 Å². The molecule has 1 fully saturated rings. The normalized spacial score (nSPS) is 14.2. The number of halogens is 2. The van der Waals surface area contributed by atoms with E-state index >= 15 is 0 Å². The van der Waals surface area contributed by atoms with Crippen molar-refractivity contribution in [3.05, 3.63) is 58.5 Å². The van der Waals surface area contributed by atoms with Crippen LogP contribution in [0.25, 0.3) is 10.1 Å². The number of thiophene rings is 1. The van der Waals surface area contributed by atoms with E-state index < -0.39 is 11.7 Å². The third-order valence-corrected chi connectivity index (χ3v) is 5.93. The van der Waals surface area contributed by atoms with Crippen molar-refractivity contribution < 1.29 is 18.4 Å². The van der Waals surface area contributed by atoms with Crippen molar-refractivity contribution in [2.75, 3.05) is 16.8 Å². The van der Waals surface area contributed by atoms with Crippen molar-refractivity contribution in [2.45, 2.75) is 19.8 Å². The van der Waals surface area contributed by atoms with Crippen LogP contribution in [-0.2, 0) is 4.79 Å². The van der Waals surface area contributed by atoms with Gasteiger partial charge in [0.1, 0.15) is 11.6 Å². The summed E-state index contributed by atoms with van der Waals surface area (Å²) in [6, 6.07) is 8.97. The van der Waals surface area contributed by atoms with Gasteiger partial charge in [-0.15, -0.1) is 11.3 Å². The molecule has 0 bridgehead atoms. The van der Waals surface area contributed by atoms with Crippen LogP contribution in [-0.4, -0.2) is 18.4 Å². The van der Waals surface area contributed by atoms with E-state index in [-0.39, 0.29) is 23.1 Å². The van der Waals surface area contributed by atoms with Crippen LogP contribution in [0.1, 0.15) is 28.1 Å². The highest BCUT2D eigenvalue weighted by Crippen LogP contribution is 2.33. The molecular formula is C20H16F2N2O2S. The molecule has 1 N–H and O–H groups in total. The zero-order valence-electron chi connectivity index (χ0n) is 14.5. The van der Waals surface area contributed by atoms with Gasteiger partial charge in [0, 0.05) is 28.7 Å². The molecule has 0 atom stereocenters. The molecule has 2 heterocycles. The van der Waals surface area contributed by atoms with Crippen molar-refractivity contribution in [2.24, 2.45) is 0 Å². The second-order valence-electron chi connectivity index (χ2n) is 6.44. The molecule has 2 amide bonds. The summed E-state index contributed by atoms with van der Waals surface area (Å²) in [7, 11) is 0. The summed E-state index contributed by atoms with van der Waals surface area (Å²) in [5, 5.41) is 3.09. The number of anilines is 2. The number of fused-ring (bicyclic) bond motifs is 1. The summed E-state index contributed by atoms with van der Waals surface area (Å²) in [4.78, 5) is 26.2. The molecule has 27 heavy (non-hydrogen) atoms. The first-order valence-corrected chi connectivity index (χ1v) is 9.36. The Morgan fingerprint density at radius 3 is 2.67 bits per heavy atom. The predicted octanol–water partition coefficient (Wildman–Crippen LogP) is 4.87. The molecule has 0 spiro atoms. The number of hydrogen-bond acceptors (Lipinski definition) is 3. The van der Waals surface area contributed by atoms with Crippen molar-refractivity contribution in [1.29, 1.82) is 0 Å². The number of hydrogen-bond donors (Lipinski definition) is 1.